The lowest BCUT2D eigenvalue weighted by Gasteiger charge is -2.40. The topological polar surface area (TPSA) is 68.0 Å². The quantitative estimate of drug-likeness (QED) is 0.824. The third kappa shape index (κ3) is 2.82. The minimum absolute atomic E-state index is 0.00340. The molecule has 2 rings (SSSR count). The highest BCUT2D eigenvalue weighted by atomic mass is 35.5. The number of nitrogens with zero attached hydrogens (tertiary/aromatic N) is 1. The average molecular weight is 268 g/mol. The summed E-state index contributed by atoms with van der Waals surface area (Å²) in [7, 11) is 0. The van der Waals surface area contributed by atoms with Crippen LogP contribution in [0.2, 0.25) is 5.15 Å². The normalized spacial score (nSPS) is 17.1. The number of carbonyl (C=O) groups excluding carboxylic acids is 1. The minimum atomic E-state index is 0.00340. The molecule has 1 fully saturated rings. The summed E-state index contributed by atoms with van der Waals surface area (Å²) >= 11 is 5.84. The maximum atomic E-state index is 11.9. The van der Waals surface area contributed by atoms with Crippen LogP contribution in [-0.2, 0) is 4.79 Å². The van der Waals surface area contributed by atoms with Crippen LogP contribution in [-0.4, -0.2) is 17.4 Å². The molecule has 0 bridgehead atoms. The fourth-order valence-electron chi connectivity index (χ4n) is 2.30. The molecule has 98 valence electrons. The van der Waals surface area contributed by atoms with Gasteiger partial charge in [-0.3, -0.25) is 4.79 Å². The number of hydrogen-bond acceptors (Lipinski definition) is 3. The number of anilines is 1. The van der Waals surface area contributed by atoms with Gasteiger partial charge in [-0.05, 0) is 43.4 Å². The number of amides is 1. The van der Waals surface area contributed by atoms with E-state index in [2.05, 4.69) is 10.3 Å². The van der Waals surface area contributed by atoms with Crippen molar-refractivity contribution < 1.29 is 4.79 Å². The van der Waals surface area contributed by atoms with Crippen LogP contribution in [0.25, 0.3) is 0 Å². The van der Waals surface area contributed by atoms with E-state index >= 15 is 0 Å². The number of halogens is 1. The van der Waals surface area contributed by atoms with Gasteiger partial charge >= 0.3 is 0 Å². The Bertz CT molecular complexity index is 452. The molecule has 1 heterocycles. The summed E-state index contributed by atoms with van der Waals surface area (Å²) in [4.78, 5) is 16.0. The summed E-state index contributed by atoms with van der Waals surface area (Å²) in [5.74, 6) is 0.00340. The Balaban J connectivity index is 1.96. The van der Waals surface area contributed by atoms with Crippen molar-refractivity contribution in [3.63, 3.8) is 0 Å². The Morgan fingerprint density at radius 3 is 2.83 bits per heavy atom. The minimum Gasteiger partial charge on any atom is -0.330 e. The third-order valence-corrected chi connectivity index (χ3v) is 4.08. The van der Waals surface area contributed by atoms with E-state index in [4.69, 9.17) is 17.3 Å². The van der Waals surface area contributed by atoms with Gasteiger partial charge in [-0.1, -0.05) is 18.0 Å². The molecule has 4 nitrogen and oxygen atoms in total. The van der Waals surface area contributed by atoms with E-state index in [1.54, 1.807) is 6.20 Å². The van der Waals surface area contributed by atoms with Crippen LogP contribution in [0.3, 0.4) is 0 Å². The van der Waals surface area contributed by atoms with E-state index in [9.17, 15) is 4.79 Å². The predicted octanol–water partition coefficient (Wildman–Crippen LogP) is 2.50. The Morgan fingerprint density at radius 1 is 1.61 bits per heavy atom. The number of aryl methyl sites for hydroxylation is 1. The fourth-order valence-corrected chi connectivity index (χ4v) is 2.41. The molecule has 0 radical (unpaired) electrons. The second-order valence-electron chi connectivity index (χ2n) is 5.11. The molecule has 0 saturated heterocycles. The number of hydrogen-bond donors (Lipinski definition) is 2. The molecule has 5 heteroatoms. The van der Waals surface area contributed by atoms with Crippen molar-refractivity contribution >= 4 is 23.2 Å². The number of nitrogens with one attached hydrogen (secondary N) is 1. The van der Waals surface area contributed by atoms with E-state index in [-0.39, 0.29) is 11.3 Å². The Labute approximate surface area is 112 Å². The first-order valence-corrected chi connectivity index (χ1v) is 6.54. The second kappa shape index (κ2) is 5.24. The third-order valence-electron chi connectivity index (χ3n) is 3.68. The van der Waals surface area contributed by atoms with Gasteiger partial charge in [0.15, 0.2) is 0 Å². The first-order valence-electron chi connectivity index (χ1n) is 6.17. The molecule has 1 aromatic rings. The maximum absolute atomic E-state index is 11.9. The molecule has 1 amide bonds. The first kappa shape index (κ1) is 13.3. The number of rotatable bonds is 4. The van der Waals surface area contributed by atoms with E-state index in [0.717, 1.165) is 18.4 Å². The first-order chi connectivity index (χ1) is 8.54. The van der Waals surface area contributed by atoms with Crippen molar-refractivity contribution in [2.75, 3.05) is 11.9 Å². The Hall–Kier alpha value is -1.13. The molecule has 0 aliphatic heterocycles. The standard InChI is InChI=1S/C13H18ClN3O/c1-9-5-10(7-16-12(9)14)17-11(18)6-13(8-15)3-2-4-13/h5,7H,2-4,6,8,15H2,1H3,(H,17,18). The molecular formula is C13H18ClN3O. The molecule has 0 aromatic carbocycles. The van der Waals surface area contributed by atoms with Gasteiger partial charge < -0.3 is 11.1 Å². The summed E-state index contributed by atoms with van der Waals surface area (Å²) < 4.78 is 0. The van der Waals surface area contributed by atoms with Gasteiger partial charge in [0.1, 0.15) is 5.15 Å². The van der Waals surface area contributed by atoms with Gasteiger partial charge in [0.05, 0.1) is 11.9 Å². The second-order valence-corrected chi connectivity index (χ2v) is 5.47. The van der Waals surface area contributed by atoms with Crippen LogP contribution >= 0.6 is 11.6 Å². The number of pyridine rings is 1. The summed E-state index contributed by atoms with van der Waals surface area (Å²) in [6.07, 6.45) is 5.34. The van der Waals surface area contributed by atoms with Gasteiger partial charge in [-0.15, -0.1) is 0 Å². The molecule has 1 aliphatic carbocycles. The molecule has 1 aliphatic rings. The monoisotopic (exact) mass is 267 g/mol. The van der Waals surface area contributed by atoms with Crippen LogP contribution in [0.15, 0.2) is 12.3 Å². The zero-order valence-corrected chi connectivity index (χ0v) is 11.3. The molecule has 0 spiro atoms. The van der Waals surface area contributed by atoms with Gasteiger partial charge in [0, 0.05) is 6.42 Å². The number of carbonyl (C=O) groups is 1. The van der Waals surface area contributed by atoms with Crippen LogP contribution in [0, 0.1) is 12.3 Å². The summed E-state index contributed by atoms with van der Waals surface area (Å²) in [6.45, 7) is 2.44. The van der Waals surface area contributed by atoms with Crippen molar-refractivity contribution in [2.45, 2.75) is 32.6 Å². The molecule has 18 heavy (non-hydrogen) atoms. The van der Waals surface area contributed by atoms with E-state index in [1.165, 1.54) is 6.42 Å². The van der Waals surface area contributed by atoms with E-state index < -0.39 is 0 Å². The van der Waals surface area contributed by atoms with Gasteiger partial charge in [-0.2, -0.15) is 0 Å². The lowest BCUT2D eigenvalue weighted by Crippen LogP contribution is -2.40. The smallest absolute Gasteiger partial charge is 0.225 e. The number of aromatic nitrogens is 1. The Morgan fingerprint density at radius 2 is 2.33 bits per heavy atom. The number of nitrogens with two attached hydrogens (primary N) is 1. The van der Waals surface area contributed by atoms with Crippen LogP contribution in [0.4, 0.5) is 5.69 Å². The van der Waals surface area contributed by atoms with Crippen LogP contribution < -0.4 is 11.1 Å². The fraction of sp³-hybridized carbons (Fsp3) is 0.538. The average Bonchev–Trinajstić information content (AvgIpc) is 2.29. The highest BCUT2D eigenvalue weighted by Crippen LogP contribution is 2.43. The zero-order chi connectivity index (χ0) is 13.2. The van der Waals surface area contributed by atoms with Crippen molar-refractivity contribution in [2.24, 2.45) is 11.1 Å². The van der Waals surface area contributed by atoms with E-state index in [0.29, 0.717) is 23.8 Å². The van der Waals surface area contributed by atoms with Crippen molar-refractivity contribution in [1.29, 1.82) is 0 Å². The highest BCUT2D eigenvalue weighted by molar-refractivity contribution is 6.30. The molecule has 1 aromatic heterocycles. The summed E-state index contributed by atoms with van der Waals surface area (Å²) in [6, 6.07) is 1.82. The van der Waals surface area contributed by atoms with Crippen molar-refractivity contribution in [3.05, 3.63) is 23.0 Å². The predicted molar refractivity (Wildman–Crippen MR) is 72.6 cm³/mol. The van der Waals surface area contributed by atoms with Crippen LogP contribution in [0.5, 0.6) is 0 Å². The van der Waals surface area contributed by atoms with Crippen LogP contribution in [0.1, 0.15) is 31.2 Å². The SMILES string of the molecule is Cc1cc(NC(=O)CC2(CN)CCC2)cnc1Cl. The van der Waals surface area contributed by atoms with Crippen molar-refractivity contribution in [1.82, 2.24) is 4.98 Å². The largest absolute Gasteiger partial charge is 0.330 e. The van der Waals surface area contributed by atoms with Gasteiger partial charge in [0.25, 0.3) is 0 Å². The molecule has 0 atom stereocenters. The maximum Gasteiger partial charge on any atom is 0.225 e. The highest BCUT2D eigenvalue weighted by Gasteiger charge is 2.37. The molecule has 1 saturated carbocycles. The Kier molecular flexibility index (Phi) is 3.88. The zero-order valence-electron chi connectivity index (χ0n) is 10.5. The van der Waals surface area contributed by atoms with E-state index in [1.807, 2.05) is 13.0 Å². The van der Waals surface area contributed by atoms with Gasteiger partial charge in [0.2, 0.25) is 5.91 Å². The van der Waals surface area contributed by atoms with Gasteiger partial charge in [-0.25, -0.2) is 4.98 Å². The molecule has 3 N–H and O–H groups in total. The lowest BCUT2D eigenvalue weighted by atomic mass is 9.66. The molecular weight excluding hydrogens is 250 g/mol. The summed E-state index contributed by atoms with van der Waals surface area (Å²) in [5, 5.41) is 3.32. The van der Waals surface area contributed by atoms with Crippen molar-refractivity contribution in [3.8, 4) is 0 Å². The molecule has 0 unspecified atom stereocenters. The lowest BCUT2D eigenvalue weighted by molar-refractivity contribution is -0.119. The summed E-state index contributed by atoms with van der Waals surface area (Å²) in [5.41, 5.74) is 7.31.